The molecule has 0 bridgehead atoms. The highest BCUT2D eigenvalue weighted by molar-refractivity contribution is 6.35. The van der Waals surface area contributed by atoms with Gasteiger partial charge in [-0.25, -0.2) is 4.68 Å². The minimum Gasteiger partial charge on any atom is -0.481 e. The molecule has 0 aliphatic heterocycles. The highest BCUT2D eigenvalue weighted by atomic mass is 35.5. The number of aliphatic carboxylic acids is 1. The van der Waals surface area contributed by atoms with Crippen molar-refractivity contribution in [3.8, 4) is 5.69 Å². The van der Waals surface area contributed by atoms with E-state index in [-0.39, 0.29) is 6.54 Å². The van der Waals surface area contributed by atoms with Crippen LogP contribution in [0.5, 0.6) is 0 Å². The number of hydrogen-bond donors (Lipinski definition) is 2. The Hall–Kier alpha value is -2.05. The molecule has 0 aliphatic rings. The molecule has 122 valence electrons. The smallest absolute Gasteiger partial charge is 0.310 e. The molecule has 0 unspecified atom stereocenters. The number of carboxylic acids is 1. The topological polar surface area (TPSA) is 84.2 Å². The van der Waals surface area contributed by atoms with Crippen LogP contribution in [0.25, 0.3) is 5.69 Å². The number of hydrogen-bond acceptors (Lipinski definition) is 3. The predicted molar refractivity (Wildman–Crippen MR) is 87.3 cm³/mol. The van der Waals surface area contributed by atoms with E-state index in [2.05, 4.69) is 10.4 Å². The van der Waals surface area contributed by atoms with E-state index in [9.17, 15) is 9.59 Å². The monoisotopic (exact) mass is 355 g/mol. The molecule has 1 heterocycles. The van der Waals surface area contributed by atoms with E-state index in [0.717, 1.165) is 0 Å². The lowest BCUT2D eigenvalue weighted by Crippen LogP contribution is -2.38. The summed E-state index contributed by atoms with van der Waals surface area (Å²) in [6.07, 6.45) is 2.90. The number of rotatable bonds is 5. The van der Waals surface area contributed by atoms with Gasteiger partial charge in [-0.05, 0) is 32.0 Å². The summed E-state index contributed by atoms with van der Waals surface area (Å²) in [5.41, 5.74) is -0.163. The van der Waals surface area contributed by atoms with Crippen molar-refractivity contribution >= 4 is 35.1 Å². The first kappa shape index (κ1) is 17.3. The SMILES string of the molecule is CC(C)(CNC(=O)c1cnn(-c2ccc(Cl)cc2Cl)c1)C(=O)O. The van der Waals surface area contributed by atoms with Gasteiger partial charge < -0.3 is 10.4 Å². The first-order valence-electron chi connectivity index (χ1n) is 6.72. The Morgan fingerprint density at radius 3 is 2.65 bits per heavy atom. The summed E-state index contributed by atoms with van der Waals surface area (Å²) in [5, 5.41) is 16.6. The van der Waals surface area contributed by atoms with Crippen molar-refractivity contribution in [2.75, 3.05) is 6.54 Å². The van der Waals surface area contributed by atoms with Crippen molar-refractivity contribution < 1.29 is 14.7 Å². The van der Waals surface area contributed by atoms with E-state index < -0.39 is 17.3 Å². The van der Waals surface area contributed by atoms with Crippen LogP contribution in [0.2, 0.25) is 10.0 Å². The number of carbonyl (C=O) groups is 2. The summed E-state index contributed by atoms with van der Waals surface area (Å²) in [6, 6.07) is 4.93. The molecule has 0 saturated heterocycles. The molecule has 0 spiro atoms. The van der Waals surface area contributed by atoms with Crippen molar-refractivity contribution in [3.63, 3.8) is 0 Å². The third-order valence-electron chi connectivity index (χ3n) is 3.27. The molecule has 0 aliphatic carbocycles. The van der Waals surface area contributed by atoms with Crippen molar-refractivity contribution in [2.45, 2.75) is 13.8 Å². The summed E-state index contributed by atoms with van der Waals surface area (Å²) >= 11 is 11.9. The average Bonchev–Trinajstić information content (AvgIpc) is 2.94. The fraction of sp³-hybridized carbons (Fsp3) is 0.267. The van der Waals surface area contributed by atoms with Crippen LogP contribution in [0, 0.1) is 5.41 Å². The van der Waals surface area contributed by atoms with Crippen molar-refractivity contribution in [3.05, 3.63) is 46.2 Å². The van der Waals surface area contributed by atoms with Gasteiger partial charge >= 0.3 is 5.97 Å². The number of amides is 1. The molecule has 1 aromatic heterocycles. The molecule has 0 fully saturated rings. The number of nitrogens with zero attached hydrogens (tertiary/aromatic N) is 2. The van der Waals surface area contributed by atoms with E-state index in [1.165, 1.54) is 30.9 Å². The van der Waals surface area contributed by atoms with E-state index in [1.807, 2.05) is 0 Å². The van der Waals surface area contributed by atoms with Crippen LogP contribution < -0.4 is 5.32 Å². The first-order chi connectivity index (χ1) is 10.7. The third-order valence-corrected chi connectivity index (χ3v) is 3.81. The summed E-state index contributed by atoms with van der Waals surface area (Å²) in [7, 11) is 0. The second-order valence-corrected chi connectivity index (χ2v) is 6.48. The molecular formula is C15H15Cl2N3O3. The quantitative estimate of drug-likeness (QED) is 0.863. The van der Waals surface area contributed by atoms with Crippen LogP contribution in [0.4, 0.5) is 0 Å². The molecular weight excluding hydrogens is 341 g/mol. The average molecular weight is 356 g/mol. The molecule has 2 aromatic rings. The zero-order chi connectivity index (χ0) is 17.2. The van der Waals surface area contributed by atoms with E-state index in [1.54, 1.807) is 18.2 Å². The number of carbonyl (C=O) groups excluding carboxylic acids is 1. The molecule has 23 heavy (non-hydrogen) atoms. The largest absolute Gasteiger partial charge is 0.481 e. The Balaban J connectivity index is 2.13. The zero-order valence-corrected chi connectivity index (χ0v) is 14.0. The van der Waals surface area contributed by atoms with Crippen molar-refractivity contribution in [1.82, 2.24) is 15.1 Å². The normalized spacial score (nSPS) is 11.3. The molecule has 0 radical (unpaired) electrons. The fourth-order valence-corrected chi connectivity index (χ4v) is 2.21. The Morgan fingerprint density at radius 1 is 1.35 bits per heavy atom. The fourth-order valence-electron chi connectivity index (χ4n) is 1.72. The van der Waals surface area contributed by atoms with E-state index >= 15 is 0 Å². The van der Waals surface area contributed by atoms with Gasteiger partial charge in [0, 0.05) is 17.8 Å². The summed E-state index contributed by atoms with van der Waals surface area (Å²) in [5.74, 6) is -1.39. The van der Waals surface area contributed by atoms with Crippen LogP contribution >= 0.6 is 23.2 Å². The summed E-state index contributed by atoms with van der Waals surface area (Å²) in [4.78, 5) is 23.1. The first-order valence-corrected chi connectivity index (χ1v) is 7.48. The van der Waals surface area contributed by atoms with Crippen LogP contribution in [0.15, 0.2) is 30.6 Å². The Kier molecular flexibility index (Phi) is 4.97. The van der Waals surface area contributed by atoms with Crippen LogP contribution in [0.3, 0.4) is 0 Å². The molecule has 0 atom stereocenters. The minimum absolute atomic E-state index is 0.00798. The maximum atomic E-state index is 12.1. The maximum absolute atomic E-state index is 12.1. The number of carboxylic acid groups (broad SMARTS) is 1. The lowest BCUT2D eigenvalue weighted by atomic mass is 9.94. The number of halogens is 2. The predicted octanol–water partition coefficient (Wildman–Crippen LogP) is 3.02. The Labute approximate surface area is 143 Å². The van der Waals surface area contributed by atoms with Gasteiger partial charge in [0.1, 0.15) is 0 Å². The second kappa shape index (κ2) is 6.60. The number of aromatic nitrogens is 2. The zero-order valence-electron chi connectivity index (χ0n) is 12.5. The summed E-state index contributed by atoms with van der Waals surface area (Å²) in [6.45, 7) is 3.08. The van der Waals surface area contributed by atoms with Crippen LogP contribution in [-0.2, 0) is 4.79 Å². The standard InChI is InChI=1S/C15H15Cl2N3O3/c1-15(2,14(22)23)8-18-13(21)9-6-19-20(7-9)12-4-3-10(16)5-11(12)17/h3-7H,8H2,1-2H3,(H,18,21)(H,22,23). The second-order valence-electron chi connectivity index (χ2n) is 5.64. The van der Waals surface area contributed by atoms with Gasteiger partial charge in [0.2, 0.25) is 0 Å². The molecule has 8 heteroatoms. The van der Waals surface area contributed by atoms with E-state index in [0.29, 0.717) is 21.3 Å². The lowest BCUT2D eigenvalue weighted by molar-refractivity contribution is -0.146. The van der Waals surface area contributed by atoms with Crippen LogP contribution in [0.1, 0.15) is 24.2 Å². The third kappa shape index (κ3) is 4.03. The molecule has 6 nitrogen and oxygen atoms in total. The minimum atomic E-state index is -1.05. The van der Waals surface area contributed by atoms with Gasteiger partial charge in [-0.2, -0.15) is 5.10 Å². The molecule has 1 amide bonds. The Bertz CT molecular complexity index is 756. The van der Waals surface area contributed by atoms with Crippen molar-refractivity contribution in [2.24, 2.45) is 5.41 Å². The van der Waals surface area contributed by atoms with Gasteiger partial charge in [0.05, 0.1) is 27.9 Å². The van der Waals surface area contributed by atoms with Gasteiger partial charge in [0.25, 0.3) is 5.91 Å². The van der Waals surface area contributed by atoms with Gasteiger partial charge in [0.15, 0.2) is 0 Å². The highest BCUT2D eigenvalue weighted by Gasteiger charge is 2.27. The molecule has 1 aromatic carbocycles. The van der Waals surface area contributed by atoms with E-state index in [4.69, 9.17) is 28.3 Å². The van der Waals surface area contributed by atoms with Gasteiger partial charge in [-0.15, -0.1) is 0 Å². The lowest BCUT2D eigenvalue weighted by Gasteiger charge is -2.19. The molecule has 2 N–H and O–H groups in total. The molecule has 0 saturated carbocycles. The van der Waals surface area contributed by atoms with Crippen LogP contribution in [-0.4, -0.2) is 33.3 Å². The van der Waals surface area contributed by atoms with Gasteiger partial charge in [-0.3, -0.25) is 9.59 Å². The number of benzene rings is 1. The summed E-state index contributed by atoms with van der Waals surface area (Å²) < 4.78 is 1.45. The molecule has 2 rings (SSSR count). The maximum Gasteiger partial charge on any atom is 0.310 e. The Morgan fingerprint density at radius 2 is 2.04 bits per heavy atom. The van der Waals surface area contributed by atoms with Gasteiger partial charge in [-0.1, -0.05) is 23.2 Å². The highest BCUT2D eigenvalue weighted by Crippen LogP contribution is 2.24. The van der Waals surface area contributed by atoms with Crippen molar-refractivity contribution in [1.29, 1.82) is 0 Å². The number of nitrogens with one attached hydrogen (secondary N) is 1.